The van der Waals surface area contributed by atoms with E-state index in [1.54, 1.807) is 29.2 Å². The lowest BCUT2D eigenvalue weighted by molar-refractivity contribution is 0.0579. The van der Waals surface area contributed by atoms with Crippen LogP contribution in [0.5, 0.6) is 0 Å². The van der Waals surface area contributed by atoms with Crippen LogP contribution in [0.2, 0.25) is 0 Å². The summed E-state index contributed by atoms with van der Waals surface area (Å²) in [5.41, 5.74) is 8.18. The number of nitrogens with one attached hydrogen (secondary N) is 1. The minimum absolute atomic E-state index is 0.0509. The number of halogens is 2. The zero-order valence-corrected chi connectivity index (χ0v) is 29.2. The summed E-state index contributed by atoms with van der Waals surface area (Å²) in [5, 5.41) is 22.5. The lowest BCUT2D eigenvalue weighted by atomic mass is 9.84. The summed E-state index contributed by atoms with van der Waals surface area (Å²) in [6.45, 7) is 15.3. The third-order valence-electron chi connectivity index (χ3n) is 8.96. The summed E-state index contributed by atoms with van der Waals surface area (Å²) in [7, 11) is 0. The molecule has 252 valence electrons. The molecule has 0 radical (unpaired) electrons. The molecule has 0 aliphatic carbocycles. The SMILES string of the molecule is CC(C)(C)OC(=O)N1CC(C)(C)c2cc(C#N)c(Cc3ccc(F)cc3)cc21.CC1(C)CNc2cc(Cc3ccc(F)cc3)c(C#N)cc21. The molecule has 0 bridgehead atoms. The molecule has 6 nitrogen and oxygen atoms in total. The van der Waals surface area contributed by atoms with Crippen LogP contribution in [-0.2, 0) is 28.4 Å². The van der Waals surface area contributed by atoms with Gasteiger partial charge in [0.2, 0.25) is 0 Å². The van der Waals surface area contributed by atoms with E-state index >= 15 is 0 Å². The predicted molar refractivity (Wildman–Crippen MR) is 189 cm³/mol. The van der Waals surface area contributed by atoms with Gasteiger partial charge in [-0.3, -0.25) is 4.90 Å². The average molecular weight is 661 g/mol. The first-order chi connectivity index (χ1) is 23.0. The third-order valence-corrected chi connectivity index (χ3v) is 8.96. The molecule has 1 N–H and O–H groups in total. The van der Waals surface area contributed by atoms with Crippen LogP contribution in [0, 0.1) is 34.3 Å². The number of anilines is 2. The second-order valence-corrected chi connectivity index (χ2v) is 15.1. The number of amides is 1. The Morgan fingerprint density at radius 3 is 1.78 bits per heavy atom. The second kappa shape index (κ2) is 13.4. The number of rotatable bonds is 4. The molecule has 4 aromatic carbocycles. The highest BCUT2D eigenvalue weighted by molar-refractivity contribution is 5.92. The Bertz CT molecular complexity index is 1960. The van der Waals surface area contributed by atoms with Crippen molar-refractivity contribution in [2.75, 3.05) is 23.3 Å². The van der Waals surface area contributed by atoms with Gasteiger partial charge in [0, 0.05) is 29.6 Å². The summed E-state index contributed by atoms with van der Waals surface area (Å²) in [5.74, 6) is -0.535. The van der Waals surface area contributed by atoms with Crippen molar-refractivity contribution in [3.63, 3.8) is 0 Å². The van der Waals surface area contributed by atoms with Crippen molar-refractivity contribution in [3.05, 3.63) is 129 Å². The fraction of sp³-hybridized carbons (Fsp3) is 0.341. The number of nitriles is 2. The Hall–Kier alpha value is -5.21. The zero-order chi connectivity index (χ0) is 35.7. The van der Waals surface area contributed by atoms with Crippen LogP contribution in [0.25, 0.3) is 0 Å². The Kier molecular flexibility index (Phi) is 9.57. The van der Waals surface area contributed by atoms with E-state index in [0.717, 1.165) is 45.7 Å². The number of ether oxygens (including phenoxy) is 1. The summed E-state index contributed by atoms with van der Waals surface area (Å²) in [6, 6.07) is 25.1. The number of nitrogens with zero attached hydrogens (tertiary/aromatic N) is 3. The lowest BCUT2D eigenvalue weighted by Crippen LogP contribution is -2.38. The molecule has 0 fully saturated rings. The van der Waals surface area contributed by atoms with E-state index < -0.39 is 11.7 Å². The van der Waals surface area contributed by atoms with Crippen LogP contribution in [-0.4, -0.2) is 24.8 Å². The minimum atomic E-state index is -0.590. The van der Waals surface area contributed by atoms with Gasteiger partial charge in [0.25, 0.3) is 0 Å². The van der Waals surface area contributed by atoms with Gasteiger partial charge in [-0.2, -0.15) is 10.5 Å². The van der Waals surface area contributed by atoms with Crippen molar-refractivity contribution in [1.29, 1.82) is 10.5 Å². The highest BCUT2D eigenvalue weighted by Crippen LogP contribution is 2.43. The minimum Gasteiger partial charge on any atom is -0.443 e. The Morgan fingerprint density at radius 2 is 1.29 bits per heavy atom. The molecule has 0 spiro atoms. The van der Waals surface area contributed by atoms with Crippen LogP contribution in [0.3, 0.4) is 0 Å². The van der Waals surface area contributed by atoms with Gasteiger partial charge in [-0.1, -0.05) is 52.0 Å². The Morgan fingerprint density at radius 1 is 0.796 bits per heavy atom. The van der Waals surface area contributed by atoms with Gasteiger partial charge in [0.1, 0.15) is 17.2 Å². The van der Waals surface area contributed by atoms with Crippen molar-refractivity contribution in [3.8, 4) is 12.1 Å². The van der Waals surface area contributed by atoms with E-state index in [1.807, 2.05) is 39.0 Å². The van der Waals surface area contributed by atoms with Gasteiger partial charge in [-0.15, -0.1) is 0 Å². The first-order valence-corrected chi connectivity index (χ1v) is 16.4. The molecule has 4 aromatic rings. The quantitative estimate of drug-likeness (QED) is 0.236. The molecule has 0 unspecified atom stereocenters. The molecule has 0 saturated heterocycles. The monoisotopic (exact) mass is 660 g/mol. The number of carbonyl (C=O) groups is 1. The van der Waals surface area contributed by atoms with Crippen LogP contribution < -0.4 is 10.2 Å². The summed E-state index contributed by atoms with van der Waals surface area (Å²) in [6.07, 6.45) is 0.731. The molecule has 2 heterocycles. The van der Waals surface area contributed by atoms with E-state index in [4.69, 9.17) is 4.74 Å². The number of carbonyl (C=O) groups excluding carboxylic acids is 1. The molecule has 49 heavy (non-hydrogen) atoms. The van der Waals surface area contributed by atoms with Gasteiger partial charge >= 0.3 is 6.09 Å². The van der Waals surface area contributed by atoms with Gasteiger partial charge < -0.3 is 10.1 Å². The van der Waals surface area contributed by atoms with E-state index in [0.29, 0.717) is 30.5 Å². The van der Waals surface area contributed by atoms with E-state index in [-0.39, 0.29) is 22.5 Å². The van der Waals surface area contributed by atoms with Crippen molar-refractivity contribution in [2.24, 2.45) is 0 Å². The Labute approximate surface area is 288 Å². The number of hydrogen-bond acceptors (Lipinski definition) is 5. The summed E-state index contributed by atoms with van der Waals surface area (Å²) < 4.78 is 31.8. The summed E-state index contributed by atoms with van der Waals surface area (Å²) >= 11 is 0. The van der Waals surface area contributed by atoms with Crippen molar-refractivity contribution >= 4 is 17.5 Å². The van der Waals surface area contributed by atoms with Gasteiger partial charge in [0.15, 0.2) is 0 Å². The lowest BCUT2D eigenvalue weighted by Gasteiger charge is -2.26. The molecule has 2 aliphatic heterocycles. The normalized spacial score (nSPS) is 15.1. The van der Waals surface area contributed by atoms with Crippen LogP contribution >= 0.6 is 0 Å². The number of hydrogen-bond donors (Lipinski definition) is 1. The van der Waals surface area contributed by atoms with Crippen LogP contribution in [0.4, 0.5) is 25.0 Å². The molecule has 0 aromatic heterocycles. The summed E-state index contributed by atoms with van der Waals surface area (Å²) in [4.78, 5) is 14.4. The first-order valence-electron chi connectivity index (χ1n) is 16.4. The molecule has 2 aliphatic rings. The standard InChI is InChI=1S/C23H25FN2O2.C18H17FN2/c1-22(2,3)28-21(27)26-14-23(4,5)19-11-17(13-25)16(12-20(19)26)10-15-6-8-18(24)9-7-15;1-18(2)11-21-17-9-13(14(10-20)8-16(17)18)7-12-3-5-15(19)6-4-12/h6-9,11-12H,10,14H2,1-5H3;3-6,8-9,21H,7,11H2,1-2H3. The average Bonchev–Trinajstić information content (AvgIpc) is 3.48. The molecular weight excluding hydrogens is 618 g/mol. The zero-order valence-electron chi connectivity index (χ0n) is 29.2. The topological polar surface area (TPSA) is 89.2 Å². The molecule has 0 atom stereocenters. The number of fused-ring (bicyclic) bond motifs is 2. The predicted octanol–water partition coefficient (Wildman–Crippen LogP) is 9.31. The molecule has 1 amide bonds. The van der Waals surface area contributed by atoms with Gasteiger partial charge in [-0.25, -0.2) is 13.6 Å². The maximum absolute atomic E-state index is 13.2. The fourth-order valence-corrected chi connectivity index (χ4v) is 6.35. The van der Waals surface area contributed by atoms with Crippen molar-refractivity contribution in [2.45, 2.75) is 77.7 Å². The van der Waals surface area contributed by atoms with E-state index in [1.165, 1.54) is 29.8 Å². The van der Waals surface area contributed by atoms with E-state index in [2.05, 4.69) is 51.2 Å². The van der Waals surface area contributed by atoms with Crippen LogP contribution in [0.15, 0.2) is 72.8 Å². The first kappa shape index (κ1) is 35.1. The third kappa shape index (κ3) is 7.92. The highest BCUT2D eigenvalue weighted by atomic mass is 19.1. The second-order valence-electron chi connectivity index (χ2n) is 15.1. The maximum Gasteiger partial charge on any atom is 0.414 e. The van der Waals surface area contributed by atoms with E-state index in [9.17, 15) is 24.1 Å². The van der Waals surface area contributed by atoms with Crippen molar-refractivity contribution in [1.82, 2.24) is 0 Å². The van der Waals surface area contributed by atoms with Crippen LogP contribution in [0.1, 0.15) is 93.0 Å². The largest absolute Gasteiger partial charge is 0.443 e. The smallest absolute Gasteiger partial charge is 0.414 e. The maximum atomic E-state index is 13.2. The van der Waals surface area contributed by atoms with Gasteiger partial charge in [-0.05, 0) is 116 Å². The molecule has 0 saturated carbocycles. The molecule has 8 heteroatoms. The molecule has 6 rings (SSSR count). The Balaban J connectivity index is 0.000000199. The van der Waals surface area contributed by atoms with Gasteiger partial charge in [0.05, 0.1) is 29.0 Å². The number of benzene rings is 4. The fourth-order valence-electron chi connectivity index (χ4n) is 6.35. The molecular formula is C41H42F2N4O2. The highest BCUT2D eigenvalue weighted by Gasteiger charge is 2.40. The van der Waals surface area contributed by atoms with Crippen molar-refractivity contribution < 1.29 is 18.3 Å².